The number of aryl methyl sites for hydroxylation is 1. The van der Waals surface area contributed by atoms with Crippen LogP contribution in [0.5, 0.6) is 0 Å². The monoisotopic (exact) mass is 357 g/mol. The van der Waals surface area contributed by atoms with Crippen LogP contribution in [0.2, 0.25) is 0 Å². The summed E-state index contributed by atoms with van der Waals surface area (Å²) in [5.41, 5.74) is 9.27. The molecule has 7 nitrogen and oxygen atoms in total. The first-order valence-electron chi connectivity index (χ1n) is 6.95. The van der Waals surface area contributed by atoms with Crippen molar-refractivity contribution < 1.29 is 0 Å². The normalized spacial score (nSPS) is 11.8. The van der Waals surface area contributed by atoms with Crippen LogP contribution in [0.4, 0.5) is 5.82 Å². The Hall–Kier alpha value is -2.39. The first-order valence-corrected chi connectivity index (χ1v) is 8.99. The standard InChI is InChI=1S/C15H15N7S2/c1-22-8-10(7-19-22)9-5-12-11(18-6-9)3-4-13(20-12)21-14(16)24-15(17)23-2/h3-8,17H,1-2H3,(H2,16,20,21). The number of amidine groups is 1. The first-order chi connectivity index (χ1) is 11.5. The average Bonchev–Trinajstić information content (AvgIpc) is 3.00. The van der Waals surface area contributed by atoms with Crippen molar-refractivity contribution in [3.05, 3.63) is 36.8 Å². The minimum Gasteiger partial charge on any atom is -0.378 e. The molecular formula is C15H15N7S2. The molecule has 0 unspecified atom stereocenters. The van der Waals surface area contributed by atoms with Crippen molar-refractivity contribution >= 4 is 49.9 Å². The maximum Gasteiger partial charge on any atom is 0.167 e. The molecule has 3 aromatic heterocycles. The summed E-state index contributed by atoms with van der Waals surface area (Å²) in [6.45, 7) is 0. The van der Waals surface area contributed by atoms with E-state index in [1.54, 1.807) is 23.1 Å². The van der Waals surface area contributed by atoms with E-state index in [0.29, 0.717) is 10.2 Å². The van der Waals surface area contributed by atoms with E-state index in [0.717, 1.165) is 33.9 Å². The SMILES string of the molecule is CSC(=N)SC(N)=Nc1ccc2ncc(-c3cnn(C)c3)cc2n1. The van der Waals surface area contributed by atoms with Crippen LogP contribution in [0.15, 0.2) is 41.8 Å². The van der Waals surface area contributed by atoms with Gasteiger partial charge in [0.05, 0.1) is 17.2 Å². The van der Waals surface area contributed by atoms with Gasteiger partial charge in [0.2, 0.25) is 0 Å². The lowest BCUT2D eigenvalue weighted by Crippen LogP contribution is -2.08. The number of pyridine rings is 2. The Labute approximate surface area is 147 Å². The number of nitrogens with one attached hydrogen (secondary N) is 1. The Morgan fingerprint density at radius 2 is 2.08 bits per heavy atom. The van der Waals surface area contributed by atoms with Gasteiger partial charge >= 0.3 is 0 Å². The molecule has 24 heavy (non-hydrogen) atoms. The zero-order valence-corrected chi connectivity index (χ0v) is 14.7. The van der Waals surface area contributed by atoms with Crippen LogP contribution >= 0.6 is 23.5 Å². The molecule has 0 aliphatic carbocycles. The quantitative estimate of drug-likeness (QED) is 0.539. The highest BCUT2D eigenvalue weighted by molar-refractivity contribution is 8.44. The molecule has 0 saturated heterocycles. The van der Waals surface area contributed by atoms with E-state index < -0.39 is 0 Å². The smallest absolute Gasteiger partial charge is 0.167 e. The molecule has 0 fully saturated rings. The Balaban J connectivity index is 1.94. The number of aliphatic imine (C=N–C) groups is 1. The zero-order chi connectivity index (χ0) is 17.1. The molecule has 3 rings (SSSR count). The second-order valence-corrected chi connectivity index (χ2v) is 6.98. The maximum atomic E-state index is 7.62. The Morgan fingerprint density at radius 1 is 1.25 bits per heavy atom. The number of rotatable bonds is 2. The highest BCUT2D eigenvalue weighted by atomic mass is 32.2. The van der Waals surface area contributed by atoms with Crippen LogP contribution in [0, 0.1) is 5.41 Å². The van der Waals surface area contributed by atoms with Crippen molar-refractivity contribution in [3.8, 4) is 11.1 Å². The van der Waals surface area contributed by atoms with E-state index in [2.05, 4.69) is 20.1 Å². The third-order valence-electron chi connectivity index (χ3n) is 3.17. The molecule has 0 amide bonds. The van der Waals surface area contributed by atoms with Crippen molar-refractivity contribution in [2.45, 2.75) is 0 Å². The van der Waals surface area contributed by atoms with Gasteiger partial charge in [0.15, 0.2) is 11.0 Å². The number of nitrogens with zero attached hydrogens (tertiary/aromatic N) is 5. The van der Waals surface area contributed by atoms with Crippen molar-refractivity contribution in [1.82, 2.24) is 19.7 Å². The van der Waals surface area contributed by atoms with Gasteiger partial charge in [-0.25, -0.2) is 9.98 Å². The van der Waals surface area contributed by atoms with E-state index >= 15 is 0 Å². The van der Waals surface area contributed by atoms with E-state index in [-0.39, 0.29) is 5.17 Å². The van der Waals surface area contributed by atoms with Crippen LogP contribution in [-0.4, -0.2) is 35.5 Å². The fourth-order valence-electron chi connectivity index (χ4n) is 2.06. The lowest BCUT2D eigenvalue weighted by molar-refractivity contribution is 0.768. The second kappa shape index (κ2) is 7.02. The average molecular weight is 357 g/mol. The summed E-state index contributed by atoms with van der Waals surface area (Å²) in [5, 5.41) is 12.1. The molecule has 0 aromatic carbocycles. The number of aromatic nitrogens is 4. The van der Waals surface area contributed by atoms with Gasteiger partial charge < -0.3 is 5.73 Å². The largest absolute Gasteiger partial charge is 0.378 e. The molecule has 9 heteroatoms. The predicted octanol–water partition coefficient (Wildman–Crippen LogP) is 3.01. The predicted molar refractivity (Wildman–Crippen MR) is 102 cm³/mol. The van der Waals surface area contributed by atoms with Crippen LogP contribution in [0.3, 0.4) is 0 Å². The molecule has 0 saturated carbocycles. The molecule has 0 bridgehead atoms. The van der Waals surface area contributed by atoms with Gasteiger partial charge in [-0.1, -0.05) is 0 Å². The summed E-state index contributed by atoms with van der Waals surface area (Å²) in [7, 11) is 1.87. The molecular weight excluding hydrogens is 342 g/mol. The van der Waals surface area contributed by atoms with Crippen molar-refractivity contribution in [1.29, 1.82) is 5.41 Å². The third-order valence-corrected chi connectivity index (χ3v) is 4.77. The molecule has 3 heterocycles. The fraction of sp³-hybridized carbons (Fsp3) is 0.133. The topological polar surface area (TPSA) is 106 Å². The summed E-state index contributed by atoms with van der Waals surface area (Å²) in [4.78, 5) is 13.2. The molecule has 0 atom stereocenters. The van der Waals surface area contributed by atoms with Crippen LogP contribution in [-0.2, 0) is 7.05 Å². The van der Waals surface area contributed by atoms with E-state index in [1.165, 1.54) is 11.8 Å². The van der Waals surface area contributed by atoms with E-state index in [4.69, 9.17) is 11.1 Å². The van der Waals surface area contributed by atoms with E-state index in [1.807, 2.05) is 31.6 Å². The van der Waals surface area contributed by atoms with Crippen molar-refractivity contribution in [2.24, 2.45) is 17.8 Å². The molecule has 3 aromatic rings. The van der Waals surface area contributed by atoms with Gasteiger partial charge in [-0.2, -0.15) is 5.10 Å². The Bertz CT molecular complexity index is 932. The summed E-state index contributed by atoms with van der Waals surface area (Å²) in [6, 6.07) is 5.56. The zero-order valence-electron chi connectivity index (χ0n) is 13.1. The minimum absolute atomic E-state index is 0.289. The fourth-order valence-corrected chi connectivity index (χ4v) is 2.98. The van der Waals surface area contributed by atoms with Crippen LogP contribution in [0.25, 0.3) is 22.2 Å². The maximum absolute atomic E-state index is 7.62. The number of hydrogen-bond acceptors (Lipinski definition) is 7. The molecule has 0 aliphatic heterocycles. The molecule has 0 aliphatic rings. The highest BCUT2D eigenvalue weighted by Crippen LogP contribution is 2.23. The third kappa shape index (κ3) is 3.74. The molecule has 0 radical (unpaired) electrons. The number of thioether (sulfide) groups is 2. The van der Waals surface area contributed by atoms with Gasteiger partial charge in [0.1, 0.15) is 4.38 Å². The minimum atomic E-state index is 0.289. The number of nitrogens with two attached hydrogens (primary N) is 1. The van der Waals surface area contributed by atoms with Gasteiger partial charge in [0.25, 0.3) is 0 Å². The van der Waals surface area contributed by atoms with Crippen LogP contribution < -0.4 is 5.73 Å². The first kappa shape index (κ1) is 16.5. The lowest BCUT2D eigenvalue weighted by Gasteiger charge is -2.03. The summed E-state index contributed by atoms with van der Waals surface area (Å²) in [6.07, 6.45) is 7.33. The Kier molecular flexibility index (Phi) is 4.81. The summed E-state index contributed by atoms with van der Waals surface area (Å²) in [5.74, 6) is 0.492. The highest BCUT2D eigenvalue weighted by Gasteiger charge is 2.06. The lowest BCUT2D eigenvalue weighted by atomic mass is 10.1. The van der Waals surface area contributed by atoms with Gasteiger partial charge in [-0.3, -0.25) is 15.1 Å². The van der Waals surface area contributed by atoms with Gasteiger partial charge in [-0.05, 0) is 36.2 Å². The van der Waals surface area contributed by atoms with Crippen molar-refractivity contribution in [3.63, 3.8) is 0 Å². The second-order valence-electron chi connectivity index (χ2n) is 4.88. The summed E-state index contributed by atoms with van der Waals surface area (Å²) >= 11 is 2.42. The Morgan fingerprint density at radius 3 is 2.79 bits per heavy atom. The molecule has 3 N–H and O–H groups in total. The number of hydrogen-bond donors (Lipinski definition) is 2. The number of fused-ring (bicyclic) bond motifs is 1. The van der Waals surface area contributed by atoms with Crippen molar-refractivity contribution in [2.75, 3.05) is 6.26 Å². The van der Waals surface area contributed by atoms with E-state index in [9.17, 15) is 0 Å². The van der Waals surface area contributed by atoms with Crippen LogP contribution in [0.1, 0.15) is 0 Å². The summed E-state index contributed by atoms with van der Waals surface area (Å²) < 4.78 is 2.13. The molecule has 122 valence electrons. The van der Waals surface area contributed by atoms with Gasteiger partial charge in [0, 0.05) is 30.6 Å². The van der Waals surface area contributed by atoms with Gasteiger partial charge in [-0.15, -0.1) is 11.8 Å². The molecule has 0 spiro atoms.